The predicted octanol–water partition coefficient (Wildman–Crippen LogP) is -1.00. The molecule has 0 aromatic rings. The van der Waals surface area contributed by atoms with E-state index in [1.165, 1.54) is 4.31 Å². The van der Waals surface area contributed by atoms with Crippen LogP contribution < -0.4 is 4.72 Å². The third-order valence-electron chi connectivity index (χ3n) is 3.91. The largest absolute Gasteiger partial charge is 0.395 e. The summed E-state index contributed by atoms with van der Waals surface area (Å²) in [5, 5.41) is 9.30. The van der Waals surface area contributed by atoms with Gasteiger partial charge in [-0.25, -0.2) is 4.72 Å². The molecule has 2 saturated heterocycles. The van der Waals surface area contributed by atoms with Crippen LogP contribution in [0.5, 0.6) is 0 Å². The lowest BCUT2D eigenvalue weighted by atomic mass is 10.1. The van der Waals surface area contributed by atoms with E-state index in [0.29, 0.717) is 32.8 Å². The van der Waals surface area contributed by atoms with E-state index in [1.54, 1.807) is 0 Å². The number of morpholine rings is 1. The van der Waals surface area contributed by atoms with Crippen LogP contribution in [0.4, 0.5) is 0 Å². The Hall–Kier alpha value is -0.250. The molecule has 0 bridgehead atoms. The Bertz CT molecular complexity index is 384. The molecule has 0 aromatic heterocycles. The van der Waals surface area contributed by atoms with Gasteiger partial charge in [0.1, 0.15) is 0 Å². The van der Waals surface area contributed by atoms with Crippen molar-refractivity contribution in [2.45, 2.75) is 25.3 Å². The minimum Gasteiger partial charge on any atom is -0.395 e. The monoisotopic (exact) mass is 307 g/mol. The Kier molecular flexibility index (Phi) is 6.19. The molecule has 0 spiro atoms. The Labute approximate surface area is 121 Å². The average molecular weight is 307 g/mol. The van der Waals surface area contributed by atoms with Crippen LogP contribution in [-0.2, 0) is 14.9 Å². The molecule has 2 heterocycles. The second kappa shape index (κ2) is 7.67. The number of nitrogens with one attached hydrogen (secondary N) is 1. The highest BCUT2D eigenvalue weighted by Gasteiger charge is 2.31. The lowest BCUT2D eigenvalue weighted by molar-refractivity contribution is 0.0389. The molecule has 0 amide bonds. The summed E-state index contributed by atoms with van der Waals surface area (Å²) in [4.78, 5) is 2.19. The fourth-order valence-electron chi connectivity index (χ4n) is 2.71. The molecule has 2 N–H and O–H groups in total. The van der Waals surface area contributed by atoms with E-state index < -0.39 is 10.2 Å². The molecule has 0 aromatic carbocycles. The fourth-order valence-corrected chi connectivity index (χ4v) is 4.16. The van der Waals surface area contributed by atoms with Crippen molar-refractivity contribution in [1.29, 1.82) is 0 Å². The zero-order chi connectivity index (χ0) is 14.4. The molecular weight excluding hydrogens is 282 g/mol. The summed E-state index contributed by atoms with van der Waals surface area (Å²) in [6, 6.07) is -0.273. The van der Waals surface area contributed by atoms with Gasteiger partial charge in [-0.15, -0.1) is 0 Å². The second-order valence-corrected chi connectivity index (χ2v) is 7.00. The standard InChI is InChI=1S/C12H25N3O4S/c16-11-12-3-1-2-5-15(12)20(17,18)13-4-6-14-7-9-19-10-8-14/h12-13,16H,1-11H2. The molecule has 118 valence electrons. The summed E-state index contributed by atoms with van der Waals surface area (Å²) in [6.07, 6.45) is 2.58. The summed E-state index contributed by atoms with van der Waals surface area (Å²) in [7, 11) is -3.48. The minimum atomic E-state index is -3.48. The van der Waals surface area contributed by atoms with Gasteiger partial charge >= 0.3 is 0 Å². The number of ether oxygens (including phenoxy) is 1. The van der Waals surface area contributed by atoms with Crippen molar-refractivity contribution in [3.05, 3.63) is 0 Å². The predicted molar refractivity (Wildman–Crippen MR) is 75.6 cm³/mol. The maximum Gasteiger partial charge on any atom is 0.279 e. The van der Waals surface area contributed by atoms with Crippen molar-refractivity contribution in [2.24, 2.45) is 0 Å². The van der Waals surface area contributed by atoms with Gasteiger partial charge in [0, 0.05) is 38.8 Å². The van der Waals surface area contributed by atoms with Crippen molar-refractivity contribution < 1.29 is 18.3 Å². The van der Waals surface area contributed by atoms with Crippen LogP contribution in [0.1, 0.15) is 19.3 Å². The summed E-state index contributed by atoms with van der Waals surface area (Å²) in [5.41, 5.74) is 0. The SMILES string of the molecule is O=S(=O)(NCCN1CCOCC1)N1CCCCC1CO. The molecule has 0 radical (unpaired) electrons. The average Bonchev–Trinajstić information content (AvgIpc) is 2.48. The third-order valence-corrected chi connectivity index (χ3v) is 5.58. The molecule has 2 aliphatic heterocycles. The summed E-state index contributed by atoms with van der Waals surface area (Å²) in [6.45, 7) is 4.62. The van der Waals surface area contributed by atoms with Crippen molar-refractivity contribution in [3.8, 4) is 0 Å². The van der Waals surface area contributed by atoms with Gasteiger partial charge in [0.25, 0.3) is 10.2 Å². The molecule has 2 aliphatic rings. The molecule has 0 aliphatic carbocycles. The highest BCUT2D eigenvalue weighted by molar-refractivity contribution is 7.87. The third kappa shape index (κ3) is 4.37. The first-order valence-corrected chi connectivity index (χ1v) is 8.75. The van der Waals surface area contributed by atoms with Gasteiger partial charge in [0.05, 0.1) is 19.8 Å². The van der Waals surface area contributed by atoms with E-state index in [0.717, 1.165) is 32.4 Å². The van der Waals surface area contributed by atoms with E-state index >= 15 is 0 Å². The first kappa shape index (κ1) is 16.1. The zero-order valence-corrected chi connectivity index (χ0v) is 12.6. The van der Waals surface area contributed by atoms with Gasteiger partial charge in [0.15, 0.2) is 0 Å². The quantitative estimate of drug-likeness (QED) is 0.658. The van der Waals surface area contributed by atoms with E-state index in [2.05, 4.69) is 9.62 Å². The maximum absolute atomic E-state index is 12.3. The fraction of sp³-hybridized carbons (Fsp3) is 1.00. The number of hydrogen-bond donors (Lipinski definition) is 2. The van der Waals surface area contributed by atoms with Crippen molar-refractivity contribution in [1.82, 2.24) is 13.9 Å². The molecule has 2 fully saturated rings. The van der Waals surface area contributed by atoms with Crippen LogP contribution >= 0.6 is 0 Å². The van der Waals surface area contributed by atoms with Crippen LogP contribution in [0, 0.1) is 0 Å². The van der Waals surface area contributed by atoms with Crippen molar-refractivity contribution >= 4 is 10.2 Å². The number of hydrogen-bond acceptors (Lipinski definition) is 5. The summed E-state index contributed by atoms with van der Waals surface area (Å²) < 4.78 is 33.8. The number of nitrogens with zero attached hydrogens (tertiary/aromatic N) is 2. The smallest absolute Gasteiger partial charge is 0.279 e. The molecule has 7 nitrogen and oxygen atoms in total. The van der Waals surface area contributed by atoms with E-state index in [1.807, 2.05) is 0 Å². The number of rotatable bonds is 6. The van der Waals surface area contributed by atoms with Crippen LogP contribution in [0.2, 0.25) is 0 Å². The second-order valence-electron chi connectivity index (χ2n) is 5.30. The Morgan fingerprint density at radius 2 is 1.95 bits per heavy atom. The van der Waals surface area contributed by atoms with Crippen molar-refractivity contribution in [3.63, 3.8) is 0 Å². The number of aliphatic hydroxyl groups is 1. The minimum absolute atomic E-state index is 0.107. The van der Waals surface area contributed by atoms with Gasteiger partial charge in [-0.3, -0.25) is 4.90 Å². The van der Waals surface area contributed by atoms with Gasteiger partial charge in [-0.2, -0.15) is 12.7 Å². The first-order chi connectivity index (χ1) is 9.63. The van der Waals surface area contributed by atoms with Crippen molar-refractivity contribution in [2.75, 3.05) is 52.5 Å². The molecule has 1 atom stereocenters. The maximum atomic E-state index is 12.3. The van der Waals surface area contributed by atoms with Gasteiger partial charge in [0.2, 0.25) is 0 Å². The summed E-state index contributed by atoms with van der Waals surface area (Å²) in [5.74, 6) is 0. The summed E-state index contributed by atoms with van der Waals surface area (Å²) >= 11 is 0. The molecule has 8 heteroatoms. The molecule has 20 heavy (non-hydrogen) atoms. The molecular formula is C12H25N3O4S. The van der Waals surface area contributed by atoms with Crippen LogP contribution in [0.25, 0.3) is 0 Å². The van der Waals surface area contributed by atoms with Gasteiger partial charge in [-0.05, 0) is 12.8 Å². The van der Waals surface area contributed by atoms with E-state index in [4.69, 9.17) is 4.74 Å². The van der Waals surface area contributed by atoms with E-state index in [9.17, 15) is 13.5 Å². The lowest BCUT2D eigenvalue weighted by Gasteiger charge is -2.33. The highest BCUT2D eigenvalue weighted by atomic mass is 32.2. The highest BCUT2D eigenvalue weighted by Crippen LogP contribution is 2.19. The van der Waals surface area contributed by atoms with Gasteiger partial charge < -0.3 is 9.84 Å². The molecule has 0 saturated carbocycles. The number of aliphatic hydroxyl groups excluding tert-OH is 1. The number of piperidine rings is 1. The Morgan fingerprint density at radius 1 is 1.20 bits per heavy atom. The normalized spacial score (nSPS) is 26.8. The lowest BCUT2D eigenvalue weighted by Crippen LogP contribution is -2.51. The molecule has 1 unspecified atom stereocenters. The van der Waals surface area contributed by atoms with Crippen LogP contribution in [0.3, 0.4) is 0 Å². The van der Waals surface area contributed by atoms with E-state index in [-0.39, 0.29) is 12.6 Å². The first-order valence-electron chi connectivity index (χ1n) is 7.31. The van der Waals surface area contributed by atoms with Gasteiger partial charge in [-0.1, -0.05) is 6.42 Å². The molecule has 2 rings (SSSR count). The Balaban J connectivity index is 1.80. The zero-order valence-electron chi connectivity index (χ0n) is 11.8. The topological polar surface area (TPSA) is 82.1 Å². The van der Waals surface area contributed by atoms with Crippen LogP contribution in [0.15, 0.2) is 0 Å². The van der Waals surface area contributed by atoms with Crippen LogP contribution in [-0.4, -0.2) is 81.3 Å². The Morgan fingerprint density at radius 3 is 2.65 bits per heavy atom.